The van der Waals surface area contributed by atoms with Crippen LogP contribution in [0.4, 0.5) is 0 Å². The van der Waals surface area contributed by atoms with Crippen LogP contribution in [-0.4, -0.2) is 24.1 Å². The summed E-state index contributed by atoms with van der Waals surface area (Å²) in [6, 6.07) is 0.241. The molecular weight excluding hydrogens is 194 g/mol. The van der Waals surface area contributed by atoms with Crippen molar-refractivity contribution in [3.8, 4) is 0 Å². The number of nitrogens with zero attached hydrogens (tertiary/aromatic N) is 1. The highest BCUT2D eigenvalue weighted by molar-refractivity contribution is 7.11. The van der Waals surface area contributed by atoms with Crippen molar-refractivity contribution in [3.63, 3.8) is 0 Å². The van der Waals surface area contributed by atoms with Crippen LogP contribution in [0.2, 0.25) is 0 Å². The summed E-state index contributed by atoms with van der Waals surface area (Å²) in [4.78, 5) is 5.80. The lowest BCUT2D eigenvalue weighted by atomic mass is 10.1. The van der Waals surface area contributed by atoms with E-state index in [2.05, 4.69) is 10.3 Å². The maximum Gasteiger partial charge on any atom is 0.0971 e. The Morgan fingerprint density at radius 2 is 2.64 bits per heavy atom. The van der Waals surface area contributed by atoms with Gasteiger partial charge in [-0.3, -0.25) is 0 Å². The van der Waals surface area contributed by atoms with E-state index in [9.17, 15) is 0 Å². The molecule has 2 rings (SSSR count). The highest BCUT2D eigenvalue weighted by Crippen LogP contribution is 2.26. The van der Waals surface area contributed by atoms with E-state index in [0.717, 1.165) is 19.5 Å². The van der Waals surface area contributed by atoms with Gasteiger partial charge < -0.3 is 11.1 Å². The molecule has 3 nitrogen and oxygen atoms in total. The first-order valence-electron chi connectivity index (χ1n) is 5.16. The number of aromatic nitrogens is 1. The second-order valence-corrected chi connectivity index (χ2v) is 5.18. The quantitative estimate of drug-likeness (QED) is 0.787. The molecule has 1 aliphatic heterocycles. The lowest BCUT2D eigenvalue weighted by Crippen LogP contribution is -2.16. The van der Waals surface area contributed by atoms with Gasteiger partial charge >= 0.3 is 0 Å². The maximum absolute atomic E-state index is 5.75. The molecule has 1 saturated heterocycles. The minimum absolute atomic E-state index is 0.241. The Balaban J connectivity index is 2.01. The summed E-state index contributed by atoms with van der Waals surface area (Å²) < 4.78 is 0. The first-order valence-corrected chi connectivity index (χ1v) is 5.98. The largest absolute Gasteiger partial charge is 0.328 e. The molecule has 78 valence electrons. The van der Waals surface area contributed by atoms with E-state index in [-0.39, 0.29) is 6.04 Å². The monoisotopic (exact) mass is 211 g/mol. The van der Waals surface area contributed by atoms with E-state index in [1.165, 1.54) is 16.3 Å². The summed E-state index contributed by atoms with van der Waals surface area (Å²) in [5.41, 5.74) is 5.75. The van der Waals surface area contributed by atoms with E-state index in [0.29, 0.717) is 5.92 Å². The number of rotatable bonds is 3. The predicted molar refractivity (Wildman–Crippen MR) is 59.7 cm³/mol. The zero-order chi connectivity index (χ0) is 9.97. The van der Waals surface area contributed by atoms with E-state index in [1.807, 2.05) is 24.5 Å². The number of thiazole rings is 1. The van der Waals surface area contributed by atoms with Crippen molar-refractivity contribution in [2.45, 2.75) is 31.7 Å². The molecular formula is C10H17N3S. The van der Waals surface area contributed by atoms with Gasteiger partial charge in [-0.15, -0.1) is 11.3 Å². The molecule has 4 heteroatoms. The van der Waals surface area contributed by atoms with Crippen LogP contribution in [-0.2, 0) is 6.42 Å². The van der Waals surface area contributed by atoms with Gasteiger partial charge in [0.25, 0.3) is 0 Å². The first-order chi connectivity index (χ1) is 6.75. The van der Waals surface area contributed by atoms with Crippen molar-refractivity contribution in [2.24, 2.45) is 5.73 Å². The van der Waals surface area contributed by atoms with Gasteiger partial charge in [0.05, 0.1) is 5.01 Å². The summed E-state index contributed by atoms with van der Waals surface area (Å²) in [7, 11) is 0. The fourth-order valence-corrected chi connectivity index (χ4v) is 2.98. The van der Waals surface area contributed by atoms with Gasteiger partial charge in [0, 0.05) is 29.6 Å². The van der Waals surface area contributed by atoms with Crippen LogP contribution in [0.5, 0.6) is 0 Å². The third kappa shape index (κ3) is 2.32. The minimum Gasteiger partial charge on any atom is -0.328 e. The zero-order valence-electron chi connectivity index (χ0n) is 8.49. The van der Waals surface area contributed by atoms with E-state index < -0.39 is 0 Å². The Morgan fingerprint density at radius 1 is 1.79 bits per heavy atom. The molecule has 0 saturated carbocycles. The third-order valence-corrected chi connectivity index (χ3v) is 3.69. The molecule has 3 N–H and O–H groups in total. The fourth-order valence-electron chi connectivity index (χ4n) is 1.79. The van der Waals surface area contributed by atoms with Gasteiger partial charge in [0.2, 0.25) is 0 Å². The standard InChI is InChI=1S/C10H17N3S/c1-7(11)4-9-6-13-10(14-9)8-2-3-12-5-8/h6-8,12H,2-5,11H2,1H3. The van der Waals surface area contributed by atoms with Crippen LogP contribution in [0, 0.1) is 0 Å². The molecule has 0 spiro atoms. The van der Waals surface area contributed by atoms with Crippen LogP contribution in [0.3, 0.4) is 0 Å². The number of nitrogens with one attached hydrogen (secondary N) is 1. The Labute approximate surface area is 88.7 Å². The third-order valence-electron chi connectivity index (χ3n) is 2.50. The van der Waals surface area contributed by atoms with Crippen molar-refractivity contribution in [1.82, 2.24) is 10.3 Å². The lowest BCUT2D eigenvalue weighted by molar-refractivity contribution is 0.744. The normalized spacial score (nSPS) is 24.0. The highest BCUT2D eigenvalue weighted by Gasteiger charge is 2.19. The zero-order valence-corrected chi connectivity index (χ0v) is 9.31. The average molecular weight is 211 g/mol. The number of hydrogen-bond donors (Lipinski definition) is 2. The van der Waals surface area contributed by atoms with Crippen LogP contribution in [0.25, 0.3) is 0 Å². The smallest absolute Gasteiger partial charge is 0.0971 e. The van der Waals surface area contributed by atoms with Crippen molar-refractivity contribution in [1.29, 1.82) is 0 Å². The molecule has 0 bridgehead atoms. The SMILES string of the molecule is CC(N)Cc1cnc(C2CCNC2)s1. The minimum atomic E-state index is 0.241. The first kappa shape index (κ1) is 10.1. The average Bonchev–Trinajstić information content (AvgIpc) is 2.69. The van der Waals surface area contributed by atoms with Crippen molar-refractivity contribution in [2.75, 3.05) is 13.1 Å². The van der Waals surface area contributed by atoms with E-state index >= 15 is 0 Å². The molecule has 0 aliphatic carbocycles. The Kier molecular flexibility index (Phi) is 3.15. The summed E-state index contributed by atoms with van der Waals surface area (Å²) in [6.07, 6.45) is 4.17. The molecule has 2 heterocycles. The van der Waals surface area contributed by atoms with Gasteiger partial charge in [0.1, 0.15) is 0 Å². The van der Waals surface area contributed by atoms with Gasteiger partial charge in [-0.25, -0.2) is 4.98 Å². The van der Waals surface area contributed by atoms with Crippen molar-refractivity contribution in [3.05, 3.63) is 16.1 Å². The van der Waals surface area contributed by atoms with Crippen molar-refractivity contribution < 1.29 is 0 Å². The Hall–Kier alpha value is -0.450. The maximum atomic E-state index is 5.75. The van der Waals surface area contributed by atoms with Crippen molar-refractivity contribution >= 4 is 11.3 Å². The van der Waals surface area contributed by atoms with Gasteiger partial charge in [-0.05, 0) is 26.3 Å². The topological polar surface area (TPSA) is 50.9 Å². The van der Waals surface area contributed by atoms with E-state index in [4.69, 9.17) is 5.73 Å². The van der Waals surface area contributed by atoms with Gasteiger partial charge in [0.15, 0.2) is 0 Å². The molecule has 14 heavy (non-hydrogen) atoms. The molecule has 0 radical (unpaired) electrons. The molecule has 0 amide bonds. The number of hydrogen-bond acceptors (Lipinski definition) is 4. The molecule has 2 unspecified atom stereocenters. The molecule has 1 aliphatic rings. The van der Waals surface area contributed by atoms with Crippen LogP contribution in [0.15, 0.2) is 6.20 Å². The molecule has 1 aromatic heterocycles. The fraction of sp³-hybridized carbons (Fsp3) is 0.700. The summed E-state index contributed by atoms with van der Waals surface area (Å²) in [5, 5.41) is 4.65. The lowest BCUT2D eigenvalue weighted by Gasteiger charge is -2.02. The summed E-state index contributed by atoms with van der Waals surface area (Å²) in [5.74, 6) is 0.641. The number of nitrogens with two attached hydrogens (primary N) is 1. The molecule has 1 fully saturated rings. The summed E-state index contributed by atoms with van der Waals surface area (Å²) >= 11 is 1.83. The van der Waals surface area contributed by atoms with Crippen LogP contribution < -0.4 is 11.1 Å². The second kappa shape index (κ2) is 4.38. The van der Waals surface area contributed by atoms with E-state index in [1.54, 1.807) is 0 Å². The Bertz CT molecular complexity index is 289. The summed E-state index contributed by atoms with van der Waals surface area (Å²) in [6.45, 7) is 4.26. The van der Waals surface area contributed by atoms with Crippen LogP contribution >= 0.6 is 11.3 Å². The van der Waals surface area contributed by atoms with Gasteiger partial charge in [-0.1, -0.05) is 0 Å². The molecule has 1 aromatic rings. The molecule has 0 aromatic carbocycles. The Morgan fingerprint density at radius 3 is 3.29 bits per heavy atom. The predicted octanol–water partition coefficient (Wildman–Crippen LogP) is 1.11. The second-order valence-electron chi connectivity index (χ2n) is 4.04. The van der Waals surface area contributed by atoms with Crippen LogP contribution in [0.1, 0.15) is 29.1 Å². The van der Waals surface area contributed by atoms with Gasteiger partial charge in [-0.2, -0.15) is 0 Å². The molecule has 2 atom stereocenters. The highest BCUT2D eigenvalue weighted by atomic mass is 32.1.